The van der Waals surface area contributed by atoms with E-state index in [0.29, 0.717) is 0 Å². The van der Waals surface area contributed by atoms with Gasteiger partial charge in [-0.2, -0.15) is 0 Å². The van der Waals surface area contributed by atoms with E-state index in [1.54, 1.807) is 0 Å². The Morgan fingerprint density at radius 2 is 1.30 bits per heavy atom. The van der Waals surface area contributed by atoms with Crippen molar-refractivity contribution in [3.05, 3.63) is 34.9 Å². The maximum Gasteiger partial charge on any atom is 0.0797 e. The van der Waals surface area contributed by atoms with E-state index >= 15 is 0 Å². The largest absolute Gasteiger partial charge is 0.388 e. The fraction of sp³-hybridized carbons (Fsp3) is 0.727. The predicted octanol–water partition coefficient (Wildman–Crippen LogP) is 6.33. The van der Waals surface area contributed by atoms with Gasteiger partial charge in [0.25, 0.3) is 0 Å². The standard InChI is InChI=1S/C22H38O/c1-20(2,3)13-16-10-11-18(19(23)15-22(7,8)9)17(12-16)14-21(4,5)6/h10-12,19,23H,13-15H2,1-9H3. The summed E-state index contributed by atoms with van der Waals surface area (Å²) < 4.78 is 0. The molecule has 1 heteroatoms. The van der Waals surface area contributed by atoms with Crippen LogP contribution in [0.5, 0.6) is 0 Å². The molecule has 0 heterocycles. The number of hydrogen-bond acceptors (Lipinski definition) is 1. The molecule has 1 aromatic carbocycles. The lowest BCUT2D eigenvalue weighted by Gasteiger charge is -2.27. The molecule has 0 aliphatic carbocycles. The van der Waals surface area contributed by atoms with Crippen LogP contribution in [0.3, 0.4) is 0 Å². The SMILES string of the molecule is CC(C)(C)Cc1ccc(C(O)CC(C)(C)C)c(CC(C)(C)C)c1. The monoisotopic (exact) mass is 318 g/mol. The summed E-state index contributed by atoms with van der Waals surface area (Å²) in [4.78, 5) is 0. The molecule has 0 fully saturated rings. The molecule has 1 atom stereocenters. The Kier molecular flexibility index (Phi) is 6.13. The van der Waals surface area contributed by atoms with E-state index in [0.717, 1.165) is 24.8 Å². The first kappa shape index (κ1) is 20.2. The minimum absolute atomic E-state index is 0.127. The summed E-state index contributed by atoms with van der Waals surface area (Å²) in [5.74, 6) is 0. The van der Waals surface area contributed by atoms with Crippen LogP contribution >= 0.6 is 0 Å². The van der Waals surface area contributed by atoms with Crippen molar-refractivity contribution in [1.82, 2.24) is 0 Å². The molecule has 0 aliphatic heterocycles. The van der Waals surface area contributed by atoms with Gasteiger partial charge >= 0.3 is 0 Å². The Balaban J connectivity index is 3.18. The minimum Gasteiger partial charge on any atom is -0.388 e. The normalized spacial score (nSPS) is 14.9. The molecule has 1 N–H and O–H groups in total. The van der Waals surface area contributed by atoms with Crippen molar-refractivity contribution in [3.63, 3.8) is 0 Å². The molecule has 1 rings (SSSR count). The molecular weight excluding hydrogens is 280 g/mol. The van der Waals surface area contributed by atoms with Gasteiger partial charge in [0.15, 0.2) is 0 Å². The Morgan fingerprint density at radius 3 is 1.74 bits per heavy atom. The summed E-state index contributed by atoms with van der Waals surface area (Å²) >= 11 is 0. The second kappa shape index (κ2) is 6.97. The fourth-order valence-electron chi connectivity index (χ4n) is 3.12. The summed E-state index contributed by atoms with van der Waals surface area (Å²) in [6.07, 6.45) is 2.49. The molecule has 0 amide bonds. The highest BCUT2D eigenvalue weighted by Crippen LogP contribution is 2.34. The Morgan fingerprint density at radius 1 is 0.783 bits per heavy atom. The molecule has 0 aliphatic rings. The van der Waals surface area contributed by atoms with E-state index in [1.165, 1.54) is 11.1 Å². The van der Waals surface area contributed by atoms with Gasteiger partial charge < -0.3 is 5.11 Å². The maximum atomic E-state index is 10.8. The van der Waals surface area contributed by atoms with Gasteiger partial charge in [-0.25, -0.2) is 0 Å². The van der Waals surface area contributed by atoms with E-state index in [2.05, 4.69) is 80.5 Å². The first-order chi connectivity index (χ1) is 10.2. The Bertz CT molecular complexity index is 506. The molecule has 132 valence electrons. The van der Waals surface area contributed by atoms with Crippen LogP contribution in [-0.2, 0) is 12.8 Å². The molecule has 1 aromatic rings. The van der Waals surface area contributed by atoms with Gasteiger partial charge in [-0.1, -0.05) is 80.5 Å². The first-order valence-corrected chi connectivity index (χ1v) is 8.96. The van der Waals surface area contributed by atoms with Crippen LogP contribution in [0.2, 0.25) is 0 Å². The van der Waals surface area contributed by atoms with E-state index in [-0.39, 0.29) is 22.3 Å². The third-order valence-electron chi connectivity index (χ3n) is 3.83. The average Bonchev–Trinajstić information content (AvgIpc) is 2.21. The van der Waals surface area contributed by atoms with Crippen molar-refractivity contribution in [3.8, 4) is 0 Å². The number of hydrogen-bond donors (Lipinski definition) is 1. The fourth-order valence-corrected chi connectivity index (χ4v) is 3.12. The summed E-state index contributed by atoms with van der Waals surface area (Å²) in [6, 6.07) is 6.70. The first-order valence-electron chi connectivity index (χ1n) is 8.96. The molecular formula is C22H38O. The molecule has 0 aromatic heterocycles. The van der Waals surface area contributed by atoms with Crippen molar-refractivity contribution in [1.29, 1.82) is 0 Å². The van der Waals surface area contributed by atoms with E-state index in [1.807, 2.05) is 0 Å². The van der Waals surface area contributed by atoms with Crippen molar-refractivity contribution < 1.29 is 5.11 Å². The highest BCUT2D eigenvalue weighted by Gasteiger charge is 2.23. The van der Waals surface area contributed by atoms with Gasteiger partial charge in [0, 0.05) is 0 Å². The zero-order valence-electron chi connectivity index (χ0n) is 16.9. The summed E-state index contributed by atoms with van der Waals surface area (Å²) in [6.45, 7) is 20.2. The van der Waals surface area contributed by atoms with E-state index in [9.17, 15) is 5.11 Å². The molecule has 0 bridgehead atoms. The van der Waals surface area contributed by atoms with Crippen LogP contribution in [0.25, 0.3) is 0 Å². The molecule has 0 spiro atoms. The minimum atomic E-state index is -0.379. The second-order valence-corrected chi connectivity index (χ2v) is 10.8. The highest BCUT2D eigenvalue weighted by molar-refractivity contribution is 5.35. The quantitative estimate of drug-likeness (QED) is 0.687. The van der Waals surface area contributed by atoms with Crippen molar-refractivity contribution in [2.45, 2.75) is 87.7 Å². The molecule has 23 heavy (non-hydrogen) atoms. The smallest absolute Gasteiger partial charge is 0.0797 e. The number of rotatable bonds is 4. The number of aliphatic hydroxyl groups is 1. The van der Waals surface area contributed by atoms with Crippen LogP contribution in [0.15, 0.2) is 18.2 Å². The zero-order valence-corrected chi connectivity index (χ0v) is 16.9. The molecule has 1 unspecified atom stereocenters. The summed E-state index contributed by atoms with van der Waals surface area (Å²) in [7, 11) is 0. The van der Waals surface area contributed by atoms with Gasteiger partial charge in [-0.15, -0.1) is 0 Å². The molecule has 1 nitrogen and oxygen atoms in total. The molecule has 0 saturated carbocycles. The topological polar surface area (TPSA) is 20.2 Å². The number of aliphatic hydroxyl groups excluding tert-OH is 1. The highest BCUT2D eigenvalue weighted by atomic mass is 16.3. The van der Waals surface area contributed by atoms with Crippen molar-refractivity contribution in [2.24, 2.45) is 16.2 Å². The van der Waals surface area contributed by atoms with Crippen LogP contribution in [0, 0.1) is 16.2 Å². The second-order valence-electron chi connectivity index (χ2n) is 10.8. The van der Waals surface area contributed by atoms with Crippen molar-refractivity contribution in [2.75, 3.05) is 0 Å². The van der Waals surface area contributed by atoms with E-state index in [4.69, 9.17) is 0 Å². The summed E-state index contributed by atoms with van der Waals surface area (Å²) in [5, 5.41) is 10.8. The molecule has 0 radical (unpaired) electrons. The van der Waals surface area contributed by atoms with Gasteiger partial charge in [-0.05, 0) is 52.2 Å². The van der Waals surface area contributed by atoms with E-state index < -0.39 is 0 Å². The lowest BCUT2D eigenvalue weighted by atomic mass is 9.80. The maximum absolute atomic E-state index is 10.8. The predicted molar refractivity (Wildman–Crippen MR) is 102 cm³/mol. The van der Waals surface area contributed by atoms with Gasteiger partial charge in [-0.3, -0.25) is 0 Å². The third-order valence-corrected chi connectivity index (χ3v) is 3.83. The van der Waals surface area contributed by atoms with Gasteiger partial charge in [0.1, 0.15) is 0 Å². The zero-order chi connectivity index (χ0) is 18.1. The van der Waals surface area contributed by atoms with Crippen molar-refractivity contribution >= 4 is 0 Å². The van der Waals surface area contributed by atoms with Crippen LogP contribution in [0.1, 0.15) is 91.5 Å². The Hall–Kier alpha value is -0.820. The summed E-state index contributed by atoms with van der Waals surface area (Å²) in [5.41, 5.74) is 4.44. The molecule has 0 saturated heterocycles. The lowest BCUT2D eigenvalue weighted by Crippen LogP contribution is -2.17. The number of benzene rings is 1. The third kappa shape index (κ3) is 8.01. The van der Waals surface area contributed by atoms with Crippen LogP contribution in [0.4, 0.5) is 0 Å². The Labute approximate surface area is 144 Å². The van der Waals surface area contributed by atoms with Crippen LogP contribution < -0.4 is 0 Å². The van der Waals surface area contributed by atoms with Crippen LogP contribution in [-0.4, -0.2) is 5.11 Å². The average molecular weight is 319 g/mol. The van der Waals surface area contributed by atoms with Gasteiger partial charge in [0.05, 0.1) is 6.10 Å². The van der Waals surface area contributed by atoms with Gasteiger partial charge in [0.2, 0.25) is 0 Å². The lowest BCUT2D eigenvalue weighted by molar-refractivity contribution is 0.121.